The summed E-state index contributed by atoms with van der Waals surface area (Å²) in [6, 6.07) is 2.10. The van der Waals surface area contributed by atoms with Gasteiger partial charge in [-0.3, -0.25) is 11.3 Å². The van der Waals surface area contributed by atoms with E-state index in [0.29, 0.717) is 6.54 Å². The fraction of sp³-hybridized carbons (Fsp3) is 0.800. The van der Waals surface area contributed by atoms with Gasteiger partial charge in [-0.1, -0.05) is 0 Å². The van der Waals surface area contributed by atoms with Crippen LogP contribution in [0.25, 0.3) is 0 Å². The summed E-state index contributed by atoms with van der Waals surface area (Å²) in [5.41, 5.74) is 2.10. The average molecular weight is 150 g/mol. The molecule has 4 heteroatoms. The van der Waals surface area contributed by atoms with Gasteiger partial charge in [-0.05, 0) is 13.8 Å². The molecule has 0 bridgehead atoms. The zero-order valence-corrected chi connectivity index (χ0v) is 6.46. The van der Waals surface area contributed by atoms with E-state index >= 15 is 0 Å². The highest BCUT2D eigenvalue weighted by Crippen LogP contribution is 2.09. The normalized spacial score (nSPS) is 9.56. The van der Waals surface area contributed by atoms with Crippen molar-refractivity contribution in [1.29, 1.82) is 5.26 Å². The first kappa shape index (κ1) is 11.5. The Morgan fingerprint density at radius 3 is 2.22 bits per heavy atom. The predicted molar refractivity (Wildman–Crippen MR) is 38.8 cm³/mol. The lowest BCUT2D eigenvalue weighted by molar-refractivity contribution is 0.453. The molecule has 0 spiro atoms. The number of nitrogens with zero attached hydrogens (tertiary/aromatic N) is 1. The summed E-state index contributed by atoms with van der Waals surface area (Å²) < 4.78 is 0. The zero-order chi connectivity index (χ0) is 6.62. The second-order valence-corrected chi connectivity index (χ2v) is 2.38. The summed E-state index contributed by atoms with van der Waals surface area (Å²) in [7, 11) is 0. The Kier molecular flexibility index (Phi) is 5.83. The molecule has 0 rings (SSSR count). The minimum Gasteiger partial charge on any atom is -0.271 e. The first-order valence-corrected chi connectivity index (χ1v) is 2.47. The first-order chi connectivity index (χ1) is 3.62. The maximum atomic E-state index is 8.38. The van der Waals surface area contributed by atoms with Gasteiger partial charge in [0.2, 0.25) is 0 Å². The summed E-state index contributed by atoms with van der Waals surface area (Å²) in [5.74, 6) is 4.99. The van der Waals surface area contributed by atoms with Gasteiger partial charge in [0.05, 0.1) is 11.5 Å². The minimum atomic E-state index is -0.339. The van der Waals surface area contributed by atoms with Crippen LogP contribution in [-0.2, 0) is 0 Å². The van der Waals surface area contributed by atoms with E-state index in [1.54, 1.807) is 0 Å². The number of hydrogen-bond acceptors (Lipinski definition) is 3. The van der Waals surface area contributed by atoms with Gasteiger partial charge in [-0.2, -0.15) is 5.26 Å². The second kappa shape index (κ2) is 4.57. The molecule has 0 aromatic rings. The Labute approximate surface area is 61.6 Å². The molecule has 3 N–H and O–H groups in total. The lowest BCUT2D eigenvalue weighted by Gasteiger charge is -2.12. The minimum absolute atomic E-state index is 0. The molecule has 3 nitrogen and oxygen atoms in total. The molecule has 0 aromatic heterocycles. The molecule has 54 valence electrons. The molecule has 0 heterocycles. The van der Waals surface area contributed by atoms with Crippen molar-refractivity contribution in [2.24, 2.45) is 11.3 Å². The number of nitrogens with one attached hydrogen (secondary N) is 1. The van der Waals surface area contributed by atoms with E-state index in [2.05, 4.69) is 11.5 Å². The van der Waals surface area contributed by atoms with Gasteiger partial charge in [-0.15, -0.1) is 12.4 Å². The number of nitriles is 1. The molecule has 0 saturated heterocycles. The smallest absolute Gasteiger partial charge is 0.0697 e. The van der Waals surface area contributed by atoms with Crippen LogP contribution < -0.4 is 11.3 Å². The van der Waals surface area contributed by atoms with Crippen LogP contribution in [0.5, 0.6) is 0 Å². The van der Waals surface area contributed by atoms with Crippen LogP contribution in [-0.4, -0.2) is 6.54 Å². The van der Waals surface area contributed by atoms with Crippen LogP contribution in [0.1, 0.15) is 13.8 Å². The van der Waals surface area contributed by atoms with Crippen LogP contribution in [0.15, 0.2) is 0 Å². The van der Waals surface area contributed by atoms with Crippen molar-refractivity contribution in [2.45, 2.75) is 13.8 Å². The summed E-state index contributed by atoms with van der Waals surface area (Å²) in [6.45, 7) is 4.18. The van der Waals surface area contributed by atoms with E-state index in [-0.39, 0.29) is 17.8 Å². The zero-order valence-electron chi connectivity index (χ0n) is 5.64. The van der Waals surface area contributed by atoms with Gasteiger partial charge in [0.1, 0.15) is 0 Å². The van der Waals surface area contributed by atoms with E-state index < -0.39 is 0 Å². The number of nitrogens with two attached hydrogens (primary N) is 1. The Morgan fingerprint density at radius 1 is 1.67 bits per heavy atom. The molecule has 0 amide bonds. The highest BCUT2D eigenvalue weighted by atomic mass is 35.5. The molecular weight excluding hydrogens is 138 g/mol. The van der Waals surface area contributed by atoms with Gasteiger partial charge in [0.15, 0.2) is 0 Å². The lowest BCUT2D eigenvalue weighted by atomic mass is 9.97. The third-order valence-electron chi connectivity index (χ3n) is 0.847. The Bertz CT molecular complexity index is 105. The maximum absolute atomic E-state index is 8.38. The van der Waals surface area contributed by atoms with Crippen LogP contribution >= 0.6 is 12.4 Å². The van der Waals surface area contributed by atoms with Crippen molar-refractivity contribution in [3.05, 3.63) is 0 Å². The highest BCUT2D eigenvalue weighted by Gasteiger charge is 2.13. The molecule has 0 saturated carbocycles. The van der Waals surface area contributed by atoms with Crippen molar-refractivity contribution in [3.63, 3.8) is 0 Å². The summed E-state index contributed by atoms with van der Waals surface area (Å²) in [5, 5.41) is 8.38. The van der Waals surface area contributed by atoms with Gasteiger partial charge >= 0.3 is 0 Å². The topological polar surface area (TPSA) is 61.8 Å². The van der Waals surface area contributed by atoms with Crippen LogP contribution in [0.4, 0.5) is 0 Å². The first-order valence-electron chi connectivity index (χ1n) is 2.47. The third kappa shape index (κ3) is 5.57. The predicted octanol–water partition coefficient (Wildman–Crippen LogP) is 0.421. The molecule has 0 aliphatic carbocycles. The molecule has 0 aliphatic heterocycles. The van der Waals surface area contributed by atoms with Crippen LogP contribution in [0.3, 0.4) is 0 Å². The number of halogens is 1. The summed E-state index contributed by atoms with van der Waals surface area (Å²) in [6.07, 6.45) is 0. The van der Waals surface area contributed by atoms with Crippen molar-refractivity contribution in [3.8, 4) is 6.07 Å². The molecule has 0 radical (unpaired) electrons. The molecule has 9 heavy (non-hydrogen) atoms. The molecule has 0 fully saturated rings. The molecule has 0 atom stereocenters. The Hall–Kier alpha value is -0.300. The van der Waals surface area contributed by atoms with Crippen molar-refractivity contribution < 1.29 is 0 Å². The second-order valence-electron chi connectivity index (χ2n) is 2.38. The monoisotopic (exact) mass is 149 g/mol. The largest absolute Gasteiger partial charge is 0.271 e. The Balaban J connectivity index is 0. The molecule has 0 unspecified atom stereocenters. The van der Waals surface area contributed by atoms with Gasteiger partial charge in [0, 0.05) is 6.54 Å². The fourth-order valence-electron chi connectivity index (χ4n) is 0.295. The van der Waals surface area contributed by atoms with E-state index in [4.69, 9.17) is 11.1 Å². The lowest BCUT2D eigenvalue weighted by Crippen LogP contribution is -2.32. The van der Waals surface area contributed by atoms with Crippen molar-refractivity contribution >= 4 is 12.4 Å². The SMILES string of the molecule is CC(C)(C#N)CNN.Cl. The van der Waals surface area contributed by atoms with Crippen LogP contribution in [0.2, 0.25) is 0 Å². The highest BCUT2D eigenvalue weighted by molar-refractivity contribution is 5.85. The number of rotatable bonds is 2. The van der Waals surface area contributed by atoms with E-state index in [1.807, 2.05) is 13.8 Å². The van der Waals surface area contributed by atoms with Gasteiger partial charge in [0.25, 0.3) is 0 Å². The maximum Gasteiger partial charge on any atom is 0.0697 e. The molecule has 0 aliphatic rings. The van der Waals surface area contributed by atoms with Gasteiger partial charge < -0.3 is 0 Å². The molecular formula is C5H12ClN3. The van der Waals surface area contributed by atoms with Crippen molar-refractivity contribution in [1.82, 2.24) is 5.43 Å². The third-order valence-corrected chi connectivity index (χ3v) is 0.847. The van der Waals surface area contributed by atoms with Gasteiger partial charge in [-0.25, -0.2) is 0 Å². The summed E-state index contributed by atoms with van der Waals surface area (Å²) in [4.78, 5) is 0. The van der Waals surface area contributed by atoms with Crippen LogP contribution in [0, 0.1) is 16.7 Å². The number of hydrazine groups is 1. The summed E-state index contributed by atoms with van der Waals surface area (Å²) >= 11 is 0. The van der Waals surface area contributed by atoms with E-state index in [1.165, 1.54) is 0 Å². The fourth-order valence-corrected chi connectivity index (χ4v) is 0.295. The number of hydrogen-bond donors (Lipinski definition) is 2. The van der Waals surface area contributed by atoms with E-state index in [0.717, 1.165) is 0 Å². The molecule has 0 aromatic carbocycles. The quantitative estimate of drug-likeness (QED) is 0.442. The van der Waals surface area contributed by atoms with Crippen molar-refractivity contribution in [2.75, 3.05) is 6.54 Å². The Morgan fingerprint density at radius 2 is 2.11 bits per heavy atom. The average Bonchev–Trinajstić information content (AvgIpc) is 1.67. The standard InChI is InChI=1S/C5H11N3.ClH/c1-5(2,3-6)4-8-7;/h8H,4,7H2,1-2H3;1H. The van der Waals surface area contributed by atoms with E-state index in [9.17, 15) is 0 Å².